The van der Waals surface area contributed by atoms with E-state index in [1.807, 2.05) is 39.8 Å². The molecule has 0 saturated carbocycles. The molecule has 1 aromatic rings. The highest BCUT2D eigenvalue weighted by Gasteiger charge is 2.35. The molecule has 0 amide bonds. The Hall–Kier alpha value is -1.91. The van der Waals surface area contributed by atoms with Gasteiger partial charge in [-0.2, -0.15) is 9.57 Å². The van der Waals surface area contributed by atoms with Gasteiger partial charge in [-0.05, 0) is 69.7 Å². The fourth-order valence-electron chi connectivity index (χ4n) is 3.33. The lowest BCUT2D eigenvalue weighted by atomic mass is 9.98. The summed E-state index contributed by atoms with van der Waals surface area (Å²) in [5, 5.41) is 8.74. The summed E-state index contributed by atoms with van der Waals surface area (Å²) < 4.78 is 32.9. The molecule has 0 unspecified atom stereocenters. The van der Waals surface area contributed by atoms with Gasteiger partial charge in [-0.3, -0.25) is 4.79 Å². The number of benzene rings is 1. The predicted octanol–water partition coefficient (Wildman–Crippen LogP) is 2.78. The zero-order valence-electron chi connectivity index (χ0n) is 16.0. The Morgan fingerprint density at radius 1 is 1.19 bits per heavy atom. The van der Waals surface area contributed by atoms with Crippen molar-refractivity contribution >= 4 is 16.0 Å². The molecular weight excluding hydrogens is 352 g/mol. The number of hydrogen-bond acceptors (Lipinski definition) is 5. The number of sulfonamides is 1. The topological polar surface area (TPSA) is 87.5 Å². The van der Waals surface area contributed by atoms with Crippen molar-refractivity contribution in [1.29, 1.82) is 5.26 Å². The van der Waals surface area contributed by atoms with Crippen LogP contribution < -0.4 is 0 Å². The molecule has 0 spiro atoms. The average molecular weight is 378 g/mol. The van der Waals surface area contributed by atoms with Crippen molar-refractivity contribution < 1.29 is 17.9 Å². The Kier molecular flexibility index (Phi) is 6.09. The van der Waals surface area contributed by atoms with Gasteiger partial charge in [-0.25, -0.2) is 8.42 Å². The summed E-state index contributed by atoms with van der Waals surface area (Å²) in [5.41, 5.74) is 3.46. The third-order valence-electron chi connectivity index (χ3n) is 5.16. The van der Waals surface area contributed by atoms with Crippen molar-refractivity contribution in [1.82, 2.24) is 4.31 Å². The summed E-state index contributed by atoms with van der Waals surface area (Å²) >= 11 is 0. The molecule has 7 heteroatoms. The summed E-state index contributed by atoms with van der Waals surface area (Å²) in [4.78, 5) is 12.4. The fraction of sp³-hybridized carbons (Fsp3) is 0.579. The molecule has 1 atom stereocenters. The number of hydrogen-bond donors (Lipinski definition) is 0. The van der Waals surface area contributed by atoms with Crippen LogP contribution in [0.4, 0.5) is 0 Å². The normalized spacial score (nSPS) is 17.5. The minimum Gasteiger partial charge on any atom is -0.447 e. The molecule has 1 aliphatic heterocycles. The van der Waals surface area contributed by atoms with Crippen molar-refractivity contribution in [3.8, 4) is 6.07 Å². The standard InChI is InChI=1S/C19H26N2O4S/c1-12-10-13(2)16(5)18(15(12)4)26(23,24)21-8-6-17(7-9-21)19(22)25-14(3)11-20/h10,14,17H,6-9H2,1-5H3/t14-/m0/s1. The van der Waals surface area contributed by atoms with Gasteiger partial charge in [0.15, 0.2) is 6.10 Å². The van der Waals surface area contributed by atoms with Crippen LogP contribution in [0.1, 0.15) is 42.0 Å². The maximum atomic E-state index is 13.2. The van der Waals surface area contributed by atoms with E-state index in [1.165, 1.54) is 11.2 Å². The first-order valence-corrected chi connectivity index (χ1v) is 10.2. The average Bonchev–Trinajstić information content (AvgIpc) is 2.60. The summed E-state index contributed by atoms with van der Waals surface area (Å²) in [5.74, 6) is -0.784. The van der Waals surface area contributed by atoms with Crippen LogP contribution in [0.25, 0.3) is 0 Å². The molecule has 2 rings (SSSR count). The SMILES string of the molecule is Cc1cc(C)c(C)c(S(=O)(=O)N2CCC(C(=O)O[C@@H](C)C#N)CC2)c1C. The molecule has 1 aromatic carbocycles. The van der Waals surface area contributed by atoms with E-state index in [0.29, 0.717) is 17.7 Å². The second-order valence-corrected chi connectivity index (χ2v) is 8.85. The number of piperidine rings is 1. The first-order valence-electron chi connectivity index (χ1n) is 8.77. The number of ether oxygens (including phenoxy) is 1. The molecule has 1 aliphatic rings. The third-order valence-corrected chi connectivity index (χ3v) is 7.33. The first-order chi connectivity index (χ1) is 12.1. The number of carbonyl (C=O) groups excluding carboxylic acids is 1. The van der Waals surface area contributed by atoms with Gasteiger partial charge in [0, 0.05) is 13.1 Å². The number of esters is 1. The van der Waals surface area contributed by atoms with E-state index in [2.05, 4.69) is 0 Å². The van der Waals surface area contributed by atoms with Crippen LogP contribution in [0.2, 0.25) is 0 Å². The summed E-state index contributed by atoms with van der Waals surface area (Å²) in [6.45, 7) is 9.57. The van der Waals surface area contributed by atoms with Gasteiger partial charge < -0.3 is 4.74 Å². The number of nitrogens with zero attached hydrogens (tertiary/aromatic N) is 2. The molecule has 142 valence electrons. The Balaban J connectivity index is 2.20. The highest BCUT2D eigenvalue weighted by atomic mass is 32.2. The molecule has 1 fully saturated rings. The van der Waals surface area contributed by atoms with Crippen molar-refractivity contribution in [3.05, 3.63) is 28.3 Å². The van der Waals surface area contributed by atoms with Crippen LogP contribution in [0.5, 0.6) is 0 Å². The van der Waals surface area contributed by atoms with Gasteiger partial charge in [0.05, 0.1) is 10.8 Å². The van der Waals surface area contributed by atoms with Crippen LogP contribution in [0.15, 0.2) is 11.0 Å². The van der Waals surface area contributed by atoms with E-state index in [-0.39, 0.29) is 19.0 Å². The van der Waals surface area contributed by atoms with Crippen LogP contribution in [0.3, 0.4) is 0 Å². The van der Waals surface area contributed by atoms with Gasteiger partial charge in [0.25, 0.3) is 0 Å². The molecule has 0 aromatic heterocycles. The maximum Gasteiger partial charge on any atom is 0.310 e. The molecule has 26 heavy (non-hydrogen) atoms. The van der Waals surface area contributed by atoms with Gasteiger partial charge in [0.2, 0.25) is 10.0 Å². The molecule has 0 N–H and O–H groups in total. The molecule has 1 saturated heterocycles. The van der Waals surface area contributed by atoms with Crippen molar-refractivity contribution in [2.45, 2.75) is 58.5 Å². The summed E-state index contributed by atoms with van der Waals surface area (Å²) in [6.07, 6.45) is 0.0166. The first kappa shape index (κ1) is 20.4. The molecule has 0 radical (unpaired) electrons. The molecule has 0 aliphatic carbocycles. The van der Waals surface area contributed by atoms with E-state index in [0.717, 1.165) is 22.3 Å². The van der Waals surface area contributed by atoms with Gasteiger partial charge in [0.1, 0.15) is 6.07 Å². The molecular formula is C19H26N2O4S. The lowest BCUT2D eigenvalue weighted by molar-refractivity contribution is -0.152. The zero-order valence-corrected chi connectivity index (χ0v) is 16.8. The number of carbonyl (C=O) groups is 1. The fourth-order valence-corrected chi connectivity index (χ4v) is 5.37. The summed E-state index contributed by atoms with van der Waals surface area (Å²) in [6, 6.07) is 3.87. The van der Waals surface area contributed by atoms with Crippen molar-refractivity contribution in [2.75, 3.05) is 13.1 Å². The largest absolute Gasteiger partial charge is 0.447 e. The quantitative estimate of drug-likeness (QED) is 0.752. The Labute approximate surface area is 155 Å². The van der Waals surface area contributed by atoms with E-state index in [4.69, 9.17) is 10.00 Å². The number of nitriles is 1. The second-order valence-electron chi connectivity index (χ2n) is 6.98. The zero-order chi connectivity index (χ0) is 19.6. The van der Waals surface area contributed by atoms with E-state index >= 15 is 0 Å². The number of rotatable bonds is 4. The van der Waals surface area contributed by atoms with Crippen LogP contribution >= 0.6 is 0 Å². The van der Waals surface area contributed by atoms with Crippen LogP contribution in [-0.2, 0) is 19.6 Å². The van der Waals surface area contributed by atoms with Crippen molar-refractivity contribution in [3.63, 3.8) is 0 Å². The number of aryl methyl sites for hydroxylation is 2. The molecule has 0 bridgehead atoms. The van der Waals surface area contributed by atoms with Crippen LogP contribution in [0, 0.1) is 44.9 Å². The predicted molar refractivity (Wildman–Crippen MR) is 98.0 cm³/mol. The van der Waals surface area contributed by atoms with Gasteiger partial charge in [-0.15, -0.1) is 0 Å². The van der Waals surface area contributed by atoms with Crippen LogP contribution in [-0.4, -0.2) is 37.9 Å². The van der Waals surface area contributed by atoms with E-state index in [9.17, 15) is 13.2 Å². The van der Waals surface area contributed by atoms with Crippen molar-refractivity contribution in [2.24, 2.45) is 5.92 Å². The highest BCUT2D eigenvalue weighted by molar-refractivity contribution is 7.89. The Morgan fingerprint density at radius 2 is 1.69 bits per heavy atom. The minimum absolute atomic E-state index is 0.273. The van der Waals surface area contributed by atoms with Gasteiger partial charge in [-0.1, -0.05) is 6.07 Å². The van der Waals surface area contributed by atoms with Gasteiger partial charge >= 0.3 is 5.97 Å². The smallest absolute Gasteiger partial charge is 0.310 e. The minimum atomic E-state index is -3.62. The Morgan fingerprint density at radius 3 is 2.15 bits per heavy atom. The maximum absolute atomic E-state index is 13.2. The highest BCUT2D eigenvalue weighted by Crippen LogP contribution is 2.31. The Bertz CT molecular complexity index is 821. The van der Waals surface area contributed by atoms with E-state index < -0.39 is 22.1 Å². The lowest BCUT2D eigenvalue weighted by Crippen LogP contribution is -2.41. The second kappa shape index (κ2) is 7.77. The molecule has 6 nitrogen and oxygen atoms in total. The monoisotopic (exact) mass is 378 g/mol. The summed E-state index contributed by atoms with van der Waals surface area (Å²) in [7, 11) is -3.62. The lowest BCUT2D eigenvalue weighted by Gasteiger charge is -2.31. The molecule has 1 heterocycles. The third kappa shape index (κ3) is 3.92. The van der Waals surface area contributed by atoms with E-state index in [1.54, 1.807) is 0 Å².